The Bertz CT molecular complexity index is 125. The first-order valence-electron chi connectivity index (χ1n) is 4.16. The molecule has 0 aliphatic heterocycles. The van der Waals surface area contributed by atoms with Gasteiger partial charge in [0.15, 0.2) is 0 Å². The van der Waals surface area contributed by atoms with Gasteiger partial charge in [-0.05, 0) is 26.9 Å². The smallest absolute Gasteiger partial charge is 0.0121 e. The van der Waals surface area contributed by atoms with Gasteiger partial charge in [0.2, 0.25) is 0 Å². The van der Waals surface area contributed by atoms with Crippen molar-refractivity contribution in [2.45, 2.75) is 25.8 Å². The molecular weight excluding hydrogens is 134 g/mol. The molecule has 0 saturated carbocycles. The lowest BCUT2D eigenvalue weighted by molar-refractivity contribution is 0.288. The molecule has 0 aromatic carbocycles. The molecule has 0 bridgehead atoms. The minimum atomic E-state index is 0.672. The van der Waals surface area contributed by atoms with Crippen LogP contribution in [0.2, 0.25) is 0 Å². The summed E-state index contributed by atoms with van der Waals surface area (Å²) in [6.07, 6.45) is 8.32. The highest BCUT2D eigenvalue weighted by Crippen LogP contribution is 2.04. The molecule has 1 nitrogen and oxygen atoms in total. The molecule has 0 N–H and O–H groups in total. The Morgan fingerprint density at radius 2 is 2.09 bits per heavy atom. The SMILES string of the molecule is C=C/C=C/C[C@@H](CC)N(C)C. The molecule has 11 heavy (non-hydrogen) atoms. The van der Waals surface area contributed by atoms with E-state index in [1.807, 2.05) is 12.2 Å². The van der Waals surface area contributed by atoms with Crippen LogP contribution in [-0.4, -0.2) is 25.0 Å². The predicted molar refractivity (Wildman–Crippen MR) is 51.7 cm³/mol. The summed E-state index contributed by atoms with van der Waals surface area (Å²) in [5.74, 6) is 0. The summed E-state index contributed by atoms with van der Waals surface area (Å²) in [5, 5.41) is 0. The van der Waals surface area contributed by atoms with E-state index >= 15 is 0 Å². The zero-order valence-corrected chi connectivity index (χ0v) is 7.88. The highest BCUT2D eigenvalue weighted by atomic mass is 15.1. The van der Waals surface area contributed by atoms with E-state index in [4.69, 9.17) is 0 Å². The molecule has 1 atom stereocenters. The quantitative estimate of drug-likeness (QED) is 0.548. The predicted octanol–water partition coefficient (Wildman–Crippen LogP) is 2.46. The second-order valence-electron chi connectivity index (χ2n) is 2.93. The van der Waals surface area contributed by atoms with Crippen molar-refractivity contribution in [1.29, 1.82) is 0 Å². The van der Waals surface area contributed by atoms with Gasteiger partial charge in [-0.1, -0.05) is 31.7 Å². The molecule has 0 rings (SSSR count). The van der Waals surface area contributed by atoms with Crippen LogP contribution in [0.5, 0.6) is 0 Å². The average molecular weight is 153 g/mol. The van der Waals surface area contributed by atoms with Crippen molar-refractivity contribution in [2.24, 2.45) is 0 Å². The van der Waals surface area contributed by atoms with Gasteiger partial charge in [-0.3, -0.25) is 0 Å². The Kier molecular flexibility index (Phi) is 5.86. The summed E-state index contributed by atoms with van der Waals surface area (Å²) in [7, 11) is 4.24. The molecule has 64 valence electrons. The lowest BCUT2D eigenvalue weighted by Crippen LogP contribution is -2.26. The van der Waals surface area contributed by atoms with Gasteiger partial charge < -0.3 is 4.90 Å². The minimum absolute atomic E-state index is 0.672. The number of hydrogen-bond donors (Lipinski definition) is 0. The Balaban J connectivity index is 3.68. The molecule has 0 radical (unpaired) electrons. The molecule has 1 heteroatoms. The Labute approximate surface area is 70.4 Å². The van der Waals surface area contributed by atoms with Crippen molar-refractivity contribution in [2.75, 3.05) is 14.1 Å². The highest BCUT2D eigenvalue weighted by molar-refractivity contribution is 4.98. The first-order chi connectivity index (χ1) is 5.22. The van der Waals surface area contributed by atoms with Crippen LogP contribution in [0.15, 0.2) is 24.8 Å². The van der Waals surface area contributed by atoms with E-state index in [-0.39, 0.29) is 0 Å². The van der Waals surface area contributed by atoms with Crippen LogP contribution in [0.4, 0.5) is 0 Å². The Morgan fingerprint density at radius 3 is 2.45 bits per heavy atom. The molecule has 0 heterocycles. The van der Waals surface area contributed by atoms with E-state index in [1.54, 1.807) is 0 Å². The van der Waals surface area contributed by atoms with E-state index in [0.717, 1.165) is 6.42 Å². The normalized spacial score (nSPS) is 14.2. The Morgan fingerprint density at radius 1 is 1.45 bits per heavy atom. The zero-order chi connectivity index (χ0) is 8.69. The van der Waals surface area contributed by atoms with E-state index in [1.165, 1.54) is 6.42 Å². The lowest BCUT2D eigenvalue weighted by atomic mass is 10.1. The molecule has 0 spiro atoms. The summed E-state index contributed by atoms with van der Waals surface area (Å²) in [5.41, 5.74) is 0. The molecule has 0 fully saturated rings. The van der Waals surface area contributed by atoms with Crippen molar-refractivity contribution in [3.8, 4) is 0 Å². The zero-order valence-electron chi connectivity index (χ0n) is 7.88. The van der Waals surface area contributed by atoms with E-state index in [9.17, 15) is 0 Å². The summed E-state index contributed by atoms with van der Waals surface area (Å²) in [6, 6.07) is 0.672. The second-order valence-corrected chi connectivity index (χ2v) is 2.93. The van der Waals surface area contributed by atoms with Crippen LogP contribution >= 0.6 is 0 Å². The maximum Gasteiger partial charge on any atom is 0.0121 e. The van der Waals surface area contributed by atoms with Gasteiger partial charge in [-0.25, -0.2) is 0 Å². The molecule has 0 aromatic heterocycles. The molecule has 0 unspecified atom stereocenters. The fraction of sp³-hybridized carbons (Fsp3) is 0.600. The molecule has 0 aromatic rings. The minimum Gasteiger partial charge on any atom is -0.306 e. The molecule has 0 amide bonds. The first kappa shape index (κ1) is 10.4. The fourth-order valence-electron chi connectivity index (χ4n) is 1.07. The van der Waals surface area contributed by atoms with Crippen molar-refractivity contribution in [3.05, 3.63) is 24.8 Å². The lowest BCUT2D eigenvalue weighted by Gasteiger charge is -2.20. The molecular formula is C10H19N. The molecule has 0 aliphatic carbocycles. The van der Waals surface area contributed by atoms with E-state index in [0.29, 0.717) is 6.04 Å². The van der Waals surface area contributed by atoms with Crippen molar-refractivity contribution in [1.82, 2.24) is 4.90 Å². The van der Waals surface area contributed by atoms with Crippen molar-refractivity contribution >= 4 is 0 Å². The van der Waals surface area contributed by atoms with Crippen molar-refractivity contribution < 1.29 is 0 Å². The van der Waals surface area contributed by atoms with Gasteiger partial charge in [0.25, 0.3) is 0 Å². The maximum absolute atomic E-state index is 3.63. The molecule has 0 aliphatic rings. The fourth-order valence-corrected chi connectivity index (χ4v) is 1.07. The van der Waals surface area contributed by atoms with Crippen LogP contribution in [0, 0.1) is 0 Å². The van der Waals surface area contributed by atoms with Gasteiger partial charge in [-0.2, -0.15) is 0 Å². The van der Waals surface area contributed by atoms with Gasteiger partial charge in [0, 0.05) is 6.04 Å². The number of nitrogens with zero attached hydrogens (tertiary/aromatic N) is 1. The first-order valence-corrected chi connectivity index (χ1v) is 4.16. The monoisotopic (exact) mass is 153 g/mol. The van der Waals surface area contributed by atoms with Gasteiger partial charge in [0.05, 0.1) is 0 Å². The van der Waals surface area contributed by atoms with Crippen LogP contribution in [0.25, 0.3) is 0 Å². The molecule has 0 saturated heterocycles. The largest absolute Gasteiger partial charge is 0.306 e. The van der Waals surface area contributed by atoms with E-state index in [2.05, 4.69) is 38.6 Å². The van der Waals surface area contributed by atoms with Crippen LogP contribution in [-0.2, 0) is 0 Å². The van der Waals surface area contributed by atoms with Gasteiger partial charge in [-0.15, -0.1) is 0 Å². The van der Waals surface area contributed by atoms with Crippen LogP contribution < -0.4 is 0 Å². The summed E-state index contributed by atoms with van der Waals surface area (Å²) in [4.78, 5) is 2.26. The average Bonchev–Trinajstić information content (AvgIpc) is 1.97. The Hall–Kier alpha value is -0.560. The van der Waals surface area contributed by atoms with E-state index < -0.39 is 0 Å². The highest BCUT2D eigenvalue weighted by Gasteiger charge is 2.04. The van der Waals surface area contributed by atoms with Gasteiger partial charge >= 0.3 is 0 Å². The standard InChI is InChI=1S/C10H19N/c1-5-7-8-9-10(6-2)11(3)4/h5,7-8,10H,1,6,9H2,2-4H3/b8-7+/t10-/m1/s1. The van der Waals surface area contributed by atoms with Crippen LogP contribution in [0.1, 0.15) is 19.8 Å². The third-order valence-electron chi connectivity index (χ3n) is 1.88. The number of rotatable bonds is 5. The third kappa shape index (κ3) is 4.79. The summed E-state index contributed by atoms with van der Waals surface area (Å²) < 4.78 is 0. The topological polar surface area (TPSA) is 3.24 Å². The van der Waals surface area contributed by atoms with Crippen LogP contribution in [0.3, 0.4) is 0 Å². The van der Waals surface area contributed by atoms with Gasteiger partial charge in [0.1, 0.15) is 0 Å². The second kappa shape index (κ2) is 6.17. The number of allylic oxidation sites excluding steroid dienone is 2. The third-order valence-corrected chi connectivity index (χ3v) is 1.88. The summed E-state index contributed by atoms with van der Waals surface area (Å²) in [6.45, 7) is 5.84. The number of hydrogen-bond acceptors (Lipinski definition) is 1. The maximum atomic E-state index is 3.63. The van der Waals surface area contributed by atoms with Crippen molar-refractivity contribution in [3.63, 3.8) is 0 Å². The summed E-state index contributed by atoms with van der Waals surface area (Å²) >= 11 is 0.